The number of nitrogens with zero attached hydrogens (tertiary/aromatic N) is 2. The van der Waals surface area contributed by atoms with Gasteiger partial charge < -0.3 is 27.0 Å². The summed E-state index contributed by atoms with van der Waals surface area (Å²) in [6, 6.07) is 4.82. The summed E-state index contributed by atoms with van der Waals surface area (Å²) >= 11 is 3.29. The molecule has 6 N–H and O–H groups in total. The Morgan fingerprint density at radius 3 is 2.37 bits per heavy atom. The molecule has 0 unspecified atom stereocenters. The molecule has 12 heteroatoms. The minimum Gasteiger partial charge on any atom is -0.370 e. The summed E-state index contributed by atoms with van der Waals surface area (Å²) < 4.78 is 13.8. The van der Waals surface area contributed by atoms with Gasteiger partial charge >= 0.3 is 0 Å². The van der Waals surface area contributed by atoms with Gasteiger partial charge in [-0.3, -0.25) is 24.2 Å². The summed E-state index contributed by atoms with van der Waals surface area (Å²) in [6.45, 7) is 5.73. The van der Waals surface area contributed by atoms with Crippen molar-refractivity contribution in [3.8, 4) is 0 Å². The summed E-state index contributed by atoms with van der Waals surface area (Å²) in [4.78, 5) is 54.8. The average Bonchev–Trinajstić information content (AvgIpc) is 3.39. The quantitative estimate of drug-likeness (QED) is 0.164. The number of Topliss-reactive ketones (excluding diaryl/α,β-unsaturated/α-hetero) is 1. The molecule has 212 valence electrons. The number of nitrogens with two attached hydrogens (primary N) is 2. The van der Waals surface area contributed by atoms with Crippen molar-refractivity contribution in [1.29, 1.82) is 0 Å². The molecule has 0 radical (unpaired) electrons. The Hall–Kier alpha value is -3.02. The Balaban J connectivity index is 0.00000132. The first-order chi connectivity index (χ1) is 18.0. The Kier molecular flexibility index (Phi) is 15.2. The van der Waals surface area contributed by atoms with Crippen LogP contribution in [0.2, 0.25) is 0 Å². The molecule has 38 heavy (non-hydrogen) atoms. The summed E-state index contributed by atoms with van der Waals surface area (Å²) in [5.41, 5.74) is 10.9. The number of rotatable bonds is 12. The van der Waals surface area contributed by atoms with Gasteiger partial charge in [-0.25, -0.2) is 4.39 Å². The molecule has 0 saturated carbocycles. The molecule has 2 atom stereocenters. The highest BCUT2D eigenvalue weighted by molar-refractivity contribution is 9.10. The molecule has 10 nitrogen and oxygen atoms in total. The average molecular weight is 600 g/mol. The van der Waals surface area contributed by atoms with E-state index in [2.05, 4.69) is 52.3 Å². The number of halogens is 2. The van der Waals surface area contributed by atoms with Crippen molar-refractivity contribution >= 4 is 45.4 Å². The monoisotopic (exact) mass is 598 g/mol. The van der Waals surface area contributed by atoms with Crippen molar-refractivity contribution in [1.82, 2.24) is 15.5 Å². The van der Waals surface area contributed by atoms with Gasteiger partial charge in [0.2, 0.25) is 11.8 Å². The predicted octanol–water partition coefficient (Wildman–Crippen LogP) is 2.30. The Morgan fingerprint density at radius 2 is 1.82 bits per heavy atom. The highest BCUT2D eigenvalue weighted by atomic mass is 79.9. The van der Waals surface area contributed by atoms with Crippen LogP contribution >= 0.6 is 15.9 Å². The first-order valence-electron chi connectivity index (χ1n) is 12.8. The lowest BCUT2D eigenvalue weighted by Gasteiger charge is -2.26. The maximum Gasteiger partial charge on any atom is 0.251 e. The zero-order valence-corrected chi connectivity index (χ0v) is 23.9. The Morgan fingerprint density at radius 1 is 1.18 bits per heavy atom. The van der Waals surface area contributed by atoms with Gasteiger partial charge in [-0.05, 0) is 55.9 Å². The number of hydrogen-bond acceptors (Lipinski definition) is 5. The molecule has 1 heterocycles. The number of hydrogen-bond donors (Lipinski definition) is 4. The van der Waals surface area contributed by atoms with Gasteiger partial charge in [-0.15, -0.1) is 0 Å². The number of amides is 3. The molecule has 2 rings (SSSR count). The van der Waals surface area contributed by atoms with Crippen LogP contribution in [0.4, 0.5) is 4.39 Å². The molecule has 1 saturated heterocycles. The summed E-state index contributed by atoms with van der Waals surface area (Å²) in [5.74, 6) is -1.33. The summed E-state index contributed by atoms with van der Waals surface area (Å²) in [7, 11) is 0. The fourth-order valence-corrected chi connectivity index (χ4v) is 3.74. The second kappa shape index (κ2) is 17.5. The van der Waals surface area contributed by atoms with E-state index in [0.29, 0.717) is 31.4 Å². The van der Waals surface area contributed by atoms with Gasteiger partial charge in [0.05, 0.1) is 12.6 Å². The number of guanidine groups is 1. The molecule has 1 aromatic rings. The number of likely N-dealkylation sites (tertiary alicyclic amines) is 1. The normalized spacial score (nSPS) is 15.2. The number of carbonyl (C=O) groups excluding carboxylic acids is 4. The molecular formula is C26H40BrFN6O4. The molecule has 0 spiro atoms. The van der Waals surface area contributed by atoms with E-state index in [0.717, 1.165) is 10.4 Å². The van der Waals surface area contributed by atoms with E-state index in [9.17, 15) is 23.6 Å². The lowest BCUT2D eigenvalue weighted by Crippen LogP contribution is -2.52. The summed E-state index contributed by atoms with van der Waals surface area (Å²) in [5, 5.41) is 5.11. The lowest BCUT2D eigenvalue weighted by molar-refractivity contribution is -0.138. The van der Waals surface area contributed by atoms with E-state index in [1.54, 1.807) is 24.3 Å². The fraction of sp³-hybridized carbons (Fsp3) is 0.577. The van der Waals surface area contributed by atoms with Crippen LogP contribution in [0.1, 0.15) is 63.2 Å². The van der Waals surface area contributed by atoms with Gasteiger partial charge in [-0.1, -0.05) is 43.1 Å². The van der Waals surface area contributed by atoms with E-state index < -0.39 is 42.3 Å². The molecular weight excluding hydrogens is 559 g/mol. The first-order valence-corrected chi connectivity index (χ1v) is 13.6. The van der Waals surface area contributed by atoms with Gasteiger partial charge in [-0.2, -0.15) is 0 Å². The third-order valence-corrected chi connectivity index (χ3v) is 6.51. The van der Waals surface area contributed by atoms with Crippen LogP contribution in [0.5, 0.6) is 0 Å². The highest BCUT2D eigenvalue weighted by Gasteiger charge is 2.35. The van der Waals surface area contributed by atoms with E-state index in [-0.39, 0.29) is 25.5 Å². The maximum atomic E-state index is 13.0. The zero-order chi connectivity index (χ0) is 28.7. The first kappa shape index (κ1) is 33.0. The lowest BCUT2D eigenvalue weighted by atomic mass is 10.1. The second-order valence-corrected chi connectivity index (χ2v) is 10.3. The van der Waals surface area contributed by atoms with Crippen LogP contribution in [0, 0.1) is 5.92 Å². The topological polar surface area (TPSA) is 160 Å². The minimum atomic E-state index is -1.22. The van der Waals surface area contributed by atoms with Crippen LogP contribution in [0.25, 0.3) is 0 Å². The van der Waals surface area contributed by atoms with Gasteiger partial charge in [0, 0.05) is 23.1 Å². The number of ketones is 1. The fourth-order valence-electron chi connectivity index (χ4n) is 3.48. The predicted molar refractivity (Wildman–Crippen MR) is 149 cm³/mol. The number of nitrogens with one attached hydrogen (secondary N) is 2. The summed E-state index contributed by atoms with van der Waals surface area (Å²) in [6.07, 6.45) is 2.83. The van der Waals surface area contributed by atoms with E-state index in [4.69, 9.17) is 11.5 Å². The standard InChI is InChI=1S/C21H28BrFN6O4.C5H12/c22-14-7-5-13(6-8-14)19(32)27-12-18(31)29-10-2-4-16(29)20(33)28-15(17(30)11-23)3-1-9-26-21(24)25;1-4-5(2)3/h5-8,15-16H,1-4,9-12H2,(H,27,32)(H,28,33)(H4,24,25,26);5H,4H2,1-3H3/t15-,16-;/m0./s1. The zero-order valence-electron chi connectivity index (χ0n) is 22.3. The van der Waals surface area contributed by atoms with E-state index >= 15 is 0 Å². The van der Waals surface area contributed by atoms with Crippen molar-refractivity contribution in [2.75, 3.05) is 26.3 Å². The van der Waals surface area contributed by atoms with Crippen molar-refractivity contribution in [2.45, 2.75) is 65.0 Å². The third-order valence-electron chi connectivity index (χ3n) is 5.98. The van der Waals surface area contributed by atoms with Crippen LogP contribution in [-0.2, 0) is 14.4 Å². The van der Waals surface area contributed by atoms with E-state index in [1.165, 1.54) is 11.3 Å². The third kappa shape index (κ3) is 12.0. The minimum absolute atomic E-state index is 0.0975. The van der Waals surface area contributed by atoms with E-state index in [1.807, 2.05) is 0 Å². The number of alkyl halides is 1. The van der Waals surface area contributed by atoms with Crippen molar-refractivity contribution in [3.63, 3.8) is 0 Å². The van der Waals surface area contributed by atoms with Crippen molar-refractivity contribution < 1.29 is 23.6 Å². The molecule has 3 amide bonds. The molecule has 1 aliphatic rings. The van der Waals surface area contributed by atoms with Gasteiger partial charge in [0.15, 0.2) is 11.7 Å². The Bertz CT molecular complexity index is 954. The molecule has 0 bridgehead atoms. The van der Waals surface area contributed by atoms with Crippen molar-refractivity contribution in [3.05, 3.63) is 34.3 Å². The molecule has 1 aromatic carbocycles. The molecule has 0 aliphatic carbocycles. The largest absolute Gasteiger partial charge is 0.370 e. The van der Waals surface area contributed by atoms with Gasteiger partial charge in [0.25, 0.3) is 5.91 Å². The number of benzene rings is 1. The SMILES string of the molecule is CCC(C)C.NC(N)=NCCC[C@H](NC(=O)[C@@H]1CCCN1C(=O)CNC(=O)c1ccc(Br)cc1)C(=O)CF. The maximum absolute atomic E-state index is 13.0. The van der Waals surface area contributed by atoms with Crippen LogP contribution in [0.3, 0.4) is 0 Å². The number of aliphatic imine (C=N–C) groups is 1. The molecule has 1 fully saturated rings. The van der Waals surface area contributed by atoms with Crippen LogP contribution in [-0.4, -0.2) is 72.8 Å². The molecule has 0 aromatic heterocycles. The second-order valence-electron chi connectivity index (χ2n) is 9.35. The molecule has 1 aliphatic heterocycles. The van der Waals surface area contributed by atoms with Crippen molar-refractivity contribution in [2.24, 2.45) is 22.4 Å². The number of carbonyl (C=O) groups is 4. The smallest absolute Gasteiger partial charge is 0.251 e. The van der Waals surface area contributed by atoms with Crippen LogP contribution in [0.15, 0.2) is 33.7 Å². The van der Waals surface area contributed by atoms with Crippen LogP contribution < -0.4 is 22.1 Å². The Labute approximate surface area is 232 Å². The highest BCUT2D eigenvalue weighted by Crippen LogP contribution is 2.18. The van der Waals surface area contributed by atoms with Gasteiger partial charge in [0.1, 0.15) is 12.7 Å².